The molecular formula is C19H36N4O5S. The standard InChI is InChI=1S/C19H36N4O5S/c1-7-11(4)15(23-16(24)12(5)20)18(26)21-13(8-9-29-6)17(25)22-14(10(2)3)19(27)28/h10-15H,7-9,20H2,1-6H3,(H,21,26)(H,22,25)(H,23,24)(H,27,28). The van der Waals surface area contributed by atoms with E-state index in [1.54, 1.807) is 13.8 Å². The molecule has 29 heavy (non-hydrogen) atoms. The van der Waals surface area contributed by atoms with Gasteiger partial charge in [-0.15, -0.1) is 0 Å². The Morgan fingerprint density at radius 3 is 1.90 bits per heavy atom. The average Bonchev–Trinajstić information content (AvgIpc) is 2.65. The largest absolute Gasteiger partial charge is 0.480 e. The van der Waals surface area contributed by atoms with E-state index in [0.717, 1.165) is 0 Å². The second-order valence-electron chi connectivity index (χ2n) is 7.57. The molecule has 168 valence electrons. The zero-order valence-electron chi connectivity index (χ0n) is 18.2. The van der Waals surface area contributed by atoms with Crippen LogP contribution in [0.3, 0.4) is 0 Å². The number of hydrogen-bond donors (Lipinski definition) is 5. The Hall–Kier alpha value is -1.81. The molecule has 0 aliphatic carbocycles. The van der Waals surface area contributed by atoms with Gasteiger partial charge in [-0.1, -0.05) is 34.1 Å². The Bertz CT molecular complexity index is 571. The normalized spacial score (nSPS) is 16.3. The minimum Gasteiger partial charge on any atom is -0.480 e. The topological polar surface area (TPSA) is 151 Å². The van der Waals surface area contributed by atoms with Gasteiger partial charge in [0.15, 0.2) is 0 Å². The first-order chi connectivity index (χ1) is 13.5. The first-order valence-corrected chi connectivity index (χ1v) is 11.2. The van der Waals surface area contributed by atoms with E-state index < -0.39 is 47.9 Å². The number of rotatable bonds is 13. The number of nitrogens with one attached hydrogen (secondary N) is 3. The number of nitrogens with two attached hydrogens (primary N) is 1. The van der Waals surface area contributed by atoms with Crippen molar-refractivity contribution in [2.75, 3.05) is 12.0 Å². The van der Waals surface area contributed by atoms with E-state index in [1.807, 2.05) is 20.1 Å². The second-order valence-corrected chi connectivity index (χ2v) is 8.56. The number of thioether (sulfide) groups is 1. The van der Waals surface area contributed by atoms with Crippen LogP contribution in [0, 0.1) is 11.8 Å². The van der Waals surface area contributed by atoms with E-state index in [2.05, 4.69) is 16.0 Å². The van der Waals surface area contributed by atoms with Gasteiger partial charge < -0.3 is 26.8 Å². The fourth-order valence-corrected chi connectivity index (χ4v) is 2.99. The van der Waals surface area contributed by atoms with Crippen molar-refractivity contribution in [1.29, 1.82) is 0 Å². The molecule has 0 aromatic heterocycles. The van der Waals surface area contributed by atoms with E-state index in [0.29, 0.717) is 18.6 Å². The van der Waals surface area contributed by atoms with Crippen LogP contribution in [-0.4, -0.2) is 65.0 Å². The number of aliphatic carboxylic acids is 1. The van der Waals surface area contributed by atoms with Gasteiger partial charge in [-0.3, -0.25) is 14.4 Å². The SMILES string of the molecule is CCC(C)C(NC(=O)C(C)N)C(=O)NC(CCSC)C(=O)NC(C(=O)O)C(C)C. The summed E-state index contributed by atoms with van der Waals surface area (Å²) in [6.07, 6.45) is 2.83. The Balaban J connectivity index is 5.42. The van der Waals surface area contributed by atoms with Crippen molar-refractivity contribution in [3.8, 4) is 0 Å². The zero-order chi connectivity index (χ0) is 22.7. The molecule has 0 saturated carbocycles. The molecule has 9 nitrogen and oxygen atoms in total. The van der Waals surface area contributed by atoms with Gasteiger partial charge in [0.1, 0.15) is 18.1 Å². The van der Waals surface area contributed by atoms with Crippen LogP contribution in [0.25, 0.3) is 0 Å². The van der Waals surface area contributed by atoms with Gasteiger partial charge >= 0.3 is 5.97 Å². The van der Waals surface area contributed by atoms with Gasteiger partial charge in [-0.05, 0) is 37.2 Å². The summed E-state index contributed by atoms with van der Waals surface area (Å²) in [5.74, 6) is -2.54. The molecule has 0 aliphatic rings. The Morgan fingerprint density at radius 2 is 1.48 bits per heavy atom. The third-order valence-electron chi connectivity index (χ3n) is 4.68. The predicted octanol–water partition coefficient (Wildman–Crippen LogP) is 0.328. The third-order valence-corrected chi connectivity index (χ3v) is 5.32. The Labute approximate surface area is 177 Å². The fourth-order valence-electron chi connectivity index (χ4n) is 2.52. The van der Waals surface area contributed by atoms with Gasteiger partial charge in [0, 0.05) is 0 Å². The monoisotopic (exact) mass is 432 g/mol. The molecule has 3 amide bonds. The molecule has 0 spiro atoms. The Kier molecular flexibility index (Phi) is 12.6. The maximum absolute atomic E-state index is 12.9. The Morgan fingerprint density at radius 1 is 0.931 bits per heavy atom. The first-order valence-electron chi connectivity index (χ1n) is 9.84. The van der Waals surface area contributed by atoms with Crippen LogP contribution in [0.4, 0.5) is 0 Å². The quantitative estimate of drug-likeness (QED) is 0.281. The van der Waals surface area contributed by atoms with E-state index in [9.17, 15) is 24.3 Å². The van der Waals surface area contributed by atoms with Crippen LogP contribution in [0.2, 0.25) is 0 Å². The summed E-state index contributed by atoms with van der Waals surface area (Å²) in [6.45, 7) is 8.62. The highest BCUT2D eigenvalue weighted by molar-refractivity contribution is 7.98. The first kappa shape index (κ1) is 27.2. The molecule has 0 radical (unpaired) electrons. The van der Waals surface area contributed by atoms with Crippen LogP contribution in [-0.2, 0) is 19.2 Å². The van der Waals surface area contributed by atoms with Crippen LogP contribution >= 0.6 is 11.8 Å². The van der Waals surface area contributed by atoms with Crippen molar-refractivity contribution in [2.24, 2.45) is 17.6 Å². The van der Waals surface area contributed by atoms with Crippen molar-refractivity contribution in [2.45, 2.75) is 71.6 Å². The zero-order valence-corrected chi connectivity index (χ0v) is 19.0. The molecule has 0 aromatic rings. The molecule has 0 heterocycles. The van der Waals surface area contributed by atoms with Crippen molar-refractivity contribution in [1.82, 2.24) is 16.0 Å². The molecule has 10 heteroatoms. The molecule has 0 rings (SSSR count). The van der Waals surface area contributed by atoms with E-state index in [4.69, 9.17) is 5.73 Å². The molecular weight excluding hydrogens is 396 g/mol. The molecule has 0 aliphatic heterocycles. The van der Waals surface area contributed by atoms with Gasteiger partial charge in [0.25, 0.3) is 0 Å². The lowest BCUT2D eigenvalue weighted by molar-refractivity contribution is -0.143. The lowest BCUT2D eigenvalue weighted by atomic mass is 9.97. The van der Waals surface area contributed by atoms with E-state index >= 15 is 0 Å². The summed E-state index contributed by atoms with van der Waals surface area (Å²) in [5.41, 5.74) is 5.59. The number of amides is 3. The number of hydrogen-bond acceptors (Lipinski definition) is 6. The van der Waals surface area contributed by atoms with Gasteiger partial charge in [-0.25, -0.2) is 4.79 Å². The third kappa shape index (κ3) is 9.49. The minimum absolute atomic E-state index is 0.176. The van der Waals surface area contributed by atoms with Crippen molar-refractivity contribution < 1.29 is 24.3 Å². The number of carboxylic acids is 1. The van der Waals surface area contributed by atoms with Crippen LogP contribution in [0.5, 0.6) is 0 Å². The van der Waals surface area contributed by atoms with Gasteiger partial charge in [-0.2, -0.15) is 11.8 Å². The molecule has 6 N–H and O–H groups in total. The average molecular weight is 433 g/mol. The smallest absolute Gasteiger partial charge is 0.326 e. The van der Waals surface area contributed by atoms with Crippen molar-refractivity contribution in [3.63, 3.8) is 0 Å². The van der Waals surface area contributed by atoms with Crippen LogP contribution in [0.1, 0.15) is 47.5 Å². The highest BCUT2D eigenvalue weighted by Crippen LogP contribution is 2.11. The molecule has 0 aromatic carbocycles. The summed E-state index contributed by atoms with van der Waals surface area (Å²) in [6, 6.07) is -3.58. The minimum atomic E-state index is -1.13. The van der Waals surface area contributed by atoms with Gasteiger partial charge in [0.2, 0.25) is 17.7 Å². The second kappa shape index (κ2) is 13.4. The summed E-state index contributed by atoms with van der Waals surface area (Å²) in [5, 5.41) is 17.1. The molecule has 0 saturated heterocycles. The van der Waals surface area contributed by atoms with E-state index in [1.165, 1.54) is 18.7 Å². The highest BCUT2D eigenvalue weighted by Gasteiger charge is 2.32. The molecule has 5 atom stereocenters. The number of carbonyl (C=O) groups excluding carboxylic acids is 3. The van der Waals surface area contributed by atoms with E-state index in [-0.39, 0.29) is 11.8 Å². The maximum Gasteiger partial charge on any atom is 0.326 e. The molecule has 0 bridgehead atoms. The summed E-state index contributed by atoms with van der Waals surface area (Å²) in [7, 11) is 0. The van der Waals surface area contributed by atoms with Crippen LogP contribution < -0.4 is 21.7 Å². The lowest BCUT2D eigenvalue weighted by Crippen LogP contribution is -2.58. The summed E-state index contributed by atoms with van der Waals surface area (Å²) >= 11 is 1.51. The van der Waals surface area contributed by atoms with Crippen LogP contribution in [0.15, 0.2) is 0 Å². The van der Waals surface area contributed by atoms with Crippen molar-refractivity contribution in [3.05, 3.63) is 0 Å². The number of carbonyl (C=O) groups is 4. The number of carboxylic acid groups (broad SMARTS) is 1. The molecule has 5 unspecified atom stereocenters. The lowest BCUT2D eigenvalue weighted by Gasteiger charge is -2.28. The highest BCUT2D eigenvalue weighted by atomic mass is 32.2. The summed E-state index contributed by atoms with van der Waals surface area (Å²) < 4.78 is 0. The van der Waals surface area contributed by atoms with Gasteiger partial charge in [0.05, 0.1) is 6.04 Å². The fraction of sp³-hybridized carbons (Fsp3) is 0.789. The van der Waals surface area contributed by atoms with Crippen molar-refractivity contribution >= 4 is 35.5 Å². The maximum atomic E-state index is 12.9. The summed E-state index contributed by atoms with van der Waals surface area (Å²) in [4.78, 5) is 48.9. The predicted molar refractivity (Wildman–Crippen MR) is 114 cm³/mol. The molecule has 0 fully saturated rings.